The summed E-state index contributed by atoms with van der Waals surface area (Å²) in [5.74, 6) is 1.31. The van der Waals surface area contributed by atoms with Gasteiger partial charge in [-0.05, 0) is 20.4 Å². The highest BCUT2D eigenvalue weighted by Crippen LogP contribution is 2.32. The number of nitrogens with one attached hydrogen (secondary N) is 1. The minimum Gasteiger partial charge on any atom is -0.459 e. The van der Waals surface area contributed by atoms with Gasteiger partial charge in [-0.3, -0.25) is 4.79 Å². The van der Waals surface area contributed by atoms with Gasteiger partial charge in [0.15, 0.2) is 23.2 Å². The number of rotatable bonds is 6. The van der Waals surface area contributed by atoms with Gasteiger partial charge < -0.3 is 19.0 Å². The summed E-state index contributed by atoms with van der Waals surface area (Å²) >= 11 is 0. The fourth-order valence-corrected chi connectivity index (χ4v) is 3.76. The van der Waals surface area contributed by atoms with Crippen molar-refractivity contribution >= 4 is 16.9 Å². The molecule has 4 aromatic heterocycles. The van der Waals surface area contributed by atoms with Crippen LogP contribution in [-0.4, -0.2) is 58.9 Å². The number of Topliss-reactive ketones (excluding diaryl/α,β-unsaturated/α-hetero) is 1. The van der Waals surface area contributed by atoms with Gasteiger partial charge in [-0.15, -0.1) is 0 Å². The number of ketones is 1. The summed E-state index contributed by atoms with van der Waals surface area (Å²) in [7, 11) is 0. The number of oxazole rings is 1. The molecule has 1 N–H and O–H groups in total. The van der Waals surface area contributed by atoms with Crippen LogP contribution in [0.15, 0.2) is 35.8 Å². The molecule has 31 heavy (non-hydrogen) atoms. The van der Waals surface area contributed by atoms with E-state index in [1.807, 2.05) is 18.4 Å². The average Bonchev–Trinajstić information content (AvgIpc) is 3.54. The van der Waals surface area contributed by atoms with Gasteiger partial charge in [0.1, 0.15) is 29.9 Å². The number of nitrogens with zero attached hydrogens (tertiary/aromatic N) is 7. The minimum absolute atomic E-state index is 0.214. The summed E-state index contributed by atoms with van der Waals surface area (Å²) in [4.78, 5) is 39.2. The zero-order valence-electron chi connectivity index (χ0n) is 17.1. The van der Waals surface area contributed by atoms with Crippen LogP contribution in [0.3, 0.4) is 0 Å². The lowest BCUT2D eigenvalue weighted by atomic mass is 9.95. The number of imidazole rings is 1. The highest BCUT2D eigenvalue weighted by Gasteiger charge is 2.46. The van der Waals surface area contributed by atoms with E-state index in [1.54, 1.807) is 12.4 Å². The van der Waals surface area contributed by atoms with E-state index in [1.165, 1.54) is 19.0 Å². The normalized spacial score (nSPS) is 18.5. The van der Waals surface area contributed by atoms with E-state index < -0.39 is 5.60 Å². The van der Waals surface area contributed by atoms with Crippen molar-refractivity contribution in [2.75, 3.05) is 13.1 Å². The first-order chi connectivity index (χ1) is 15.1. The molecular weight excluding hydrogens is 400 g/mol. The Morgan fingerprint density at radius 3 is 2.77 bits per heavy atom. The molecule has 11 nitrogen and oxygen atoms in total. The lowest BCUT2D eigenvalue weighted by Gasteiger charge is -2.26. The molecule has 11 heteroatoms. The van der Waals surface area contributed by atoms with E-state index in [0.717, 1.165) is 5.56 Å². The van der Waals surface area contributed by atoms with Gasteiger partial charge in [-0.25, -0.2) is 24.9 Å². The largest absolute Gasteiger partial charge is 0.459 e. The molecule has 1 fully saturated rings. The third-order valence-corrected chi connectivity index (χ3v) is 5.34. The molecule has 0 bridgehead atoms. The summed E-state index contributed by atoms with van der Waals surface area (Å²) in [5, 5.41) is 3.19. The first-order valence-electron chi connectivity index (χ1n) is 9.94. The fourth-order valence-electron chi connectivity index (χ4n) is 3.76. The van der Waals surface area contributed by atoms with Gasteiger partial charge in [0.05, 0.1) is 5.56 Å². The van der Waals surface area contributed by atoms with E-state index in [4.69, 9.17) is 14.1 Å². The van der Waals surface area contributed by atoms with Crippen LogP contribution >= 0.6 is 0 Å². The van der Waals surface area contributed by atoms with Crippen LogP contribution < -0.4 is 10.1 Å². The summed E-state index contributed by atoms with van der Waals surface area (Å²) < 4.78 is 13.2. The second-order valence-electron chi connectivity index (χ2n) is 7.28. The molecule has 1 aliphatic rings. The minimum atomic E-state index is -1.15. The second-order valence-corrected chi connectivity index (χ2v) is 7.28. The van der Waals surface area contributed by atoms with Crippen molar-refractivity contribution in [3.8, 4) is 17.3 Å². The van der Waals surface area contributed by atoms with Gasteiger partial charge in [0, 0.05) is 31.9 Å². The molecule has 0 saturated carbocycles. The first kappa shape index (κ1) is 19.2. The van der Waals surface area contributed by atoms with Gasteiger partial charge in [-0.1, -0.05) is 0 Å². The third-order valence-electron chi connectivity index (χ3n) is 5.34. The monoisotopic (exact) mass is 420 g/mol. The van der Waals surface area contributed by atoms with Crippen LogP contribution in [0.25, 0.3) is 22.6 Å². The first-order valence-corrected chi connectivity index (χ1v) is 9.94. The number of fused-ring (bicyclic) bond motifs is 1. The molecule has 5 rings (SSSR count). The molecule has 1 saturated heterocycles. The Morgan fingerprint density at radius 2 is 2.10 bits per heavy atom. The predicted octanol–water partition coefficient (Wildman–Crippen LogP) is 1.59. The molecule has 1 aliphatic heterocycles. The molecular formula is C20H20N8O3. The molecule has 4 aromatic rings. The number of hydrogen-bond donors (Lipinski definition) is 1. The van der Waals surface area contributed by atoms with Crippen molar-refractivity contribution in [2.45, 2.75) is 32.4 Å². The van der Waals surface area contributed by atoms with E-state index in [9.17, 15) is 4.79 Å². The molecule has 1 atom stereocenters. The van der Waals surface area contributed by atoms with Gasteiger partial charge >= 0.3 is 0 Å². The van der Waals surface area contributed by atoms with Crippen molar-refractivity contribution in [2.24, 2.45) is 0 Å². The molecule has 1 unspecified atom stereocenters. The van der Waals surface area contributed by atoms with E-state index in [0.29, 0.717) is 48.9 Å². The van der Waals surface area contributed by atoms with Gasteiger partial charge in [0.2, 0.25) is 11.7 Å². The second kappa shape index (κ2) is 7.51. The molecule has 0 amide bonds. The van der Waals surface area contributed by atoms with Crippen molar-refractivity contribution in [1.82, 2.24) is 39.8 Å². The molecule has 158 valence electrons. The quantitative estimate of drug-likeness (QED) is 0.458. The smallest absolute Gasteiger partial charge is 0.246 e. The maximum Gasteiger partial charge on any atom is 0.246 e. The molecule has 0 aromatic carbocycles. The van der Waals surface area contributed by atoms with Crippen molar-refractivity contribution in [3.63, 3.8) is 0 Å². The number of carbonyl (C=O) groups excluding carboxylic acids is 1. The highest BCUT2D eigenvalue weighted by atomic mass is 16.5. The van der Waals surface area contributed by atoms with Crippen LogP contribution in [0.1, 0.15) is 29.7 Å². The lowest BCUT2D eigenvalue weighted by Crippen LogP contribution is -2.47. The Labute approximate surface area is 176 Å². The Hall–Kier alpha value is -3.73. The van der Waals surface area contributed by atoms with Crippen molar-refractivity contribution in [3.05, 3.63) is 42.9 Å². The van der Waals surface area contributed by atoms with Crippen LogP contribution in [0.2, 0.25) is 0 Å². The Balaban J connectivity index is 1.60. The van der Waals surface area contributed by atoms with Crippen LogP contribution in [0.5, 0.6) is 5.88 Å². The summed E-state index contributed by atoms with van der Waals surface area (Å²) in [5.41, 5.74) is 0.900. The topological polar surface area (TPSA) is 134 Å². The highest BCUT2D eigenvalue weighted by molar-refractivity contribution is 6.01. The Kier molecular flexibility index (Phi) is 4.66. The Morgan fingerprint density at radius 1 is 1.26 bits per heavy atom. The number of hydrogen-bond acceptors (Lipinski definition) is 10. The number of ether oxygens (including phenoxy) is 1. The summed E-state index contributed by atoms with van der Waals surface area (Å²) in [6, 6.07) is 0. The van der Waals surface area contributed by atoms with Crippen molar-refractivity contribution in [1.29, 1.82) is 0 Å². The number of aryl methyl sites for hydroxylation is 2. The predicted molar refractivity (Wildman–Crippen MR) is 108 cm³/mol. The maximum atomic E-state index is 13.2. The summed E-state index contributed by atoms with van der Waals surface area (Å²) in [6.07, 6.45) is 7.88. The van der Waals surface area contributed by atoms with E-state index >= 15 is 0 Å². The maximum absolute atomic E-state index is 13.2. The van der Waals surface area contributed by atoms with E-state index in [-0.39, 0.29) is 17.4 Å². The molecule has 5 heterocycles. The number of aromatic nitrogens is 7. The van der Waals surface area contributed by atoms with Gasteiger partial charge in [0.25, 0.3) is 0 Å². The third kappa shape index (κ3) is 3.22. The van der Waals surface area contributed by atoms with Crippen LogP contribution in [-0.2, 0) is 6.54 Å². The van der Waals surface area contributed by atoms with Gasteiger partial charge in [-0.2, -0.15) is 4.98 Å². The number of carbonyl (C=O) groups is 1. The zero-order chi connectivity index (χ0) is 21.4. The molecule has 0 radical (unpaired) electrons. The van der Waals surface area contributed by atoms with Crippen molar-refractivity contribution < 1.29 is 13.9 Å². The average molecular weight is 420 g/mol. The van der Waals surface area contributed by atoms with E-state index in [2.05, 4.69) is 30.2 Å². The molecule has 0 spiro atoms. The van der Waals surface area contributed by atoms with Crippen LogP contribution in [0.4, 0.5) is 0 Å². The molecule has 0 aliphatic carbocycles. The van der Waals surface area contributed by atoms with Crippen LogP contribution in [0, 0.1) is 6.92 Å². The Bertz CT molecular complexity index is 1230. The lowest BCUT2D eigenvalue weighted by molar-refractivity contribution is 0.0506. The standard InChI is InChI=1S/C20H20N8O3/c1-3-28-17(13-6-22-12(2)23-7-13)27-15-18(28)24-10-25-19(15)31-20(4-5-21-9-20)16(29)14-8-30-11-26-14/h6-8,10-11,21H,3-5,9H2,1-2H3. The summed E-state index contributed by atoms with van der Waals surface area (Å²) in [6.45, 7) is 5.41. The fraction of sp³-hybridized carbons (Fsp3) is 0.350. The zero-order valence-corrected chi connectivity index (χ0v) is 17.1. The SMILES string of the molecule is CCn1c(-c2cnc(C)nc2)nc2c(OC3(C(=O)c4cocn4)CCNC3)ncnc21.